The molecule has 0 aliphatic heterocycles. The maximum Gasteiger partial charge on any atom is 0.337 e. The highest BCUT2D eigenvalue weighted by atomic mass is 35.5. The van der Waals surface area contributed by atoms with E-state index in [-0.39, 0.29) is 11.3 Å². The van der Waals surface area contributed by atoms with Crippen molar-refractivity contribution in [1.82, 2.24) is 0 Å². The van der Waals surface area contributed by atoms with Gasteiger partial charge < -0.3 is 9.47 Å². The molecular formula is C11H13ClO3. The van der Waals surface area contributed by atoms with Gasteiger partial charge in [-0.2, -0.15) is 0 Å². The molecule has 3 nitrogen and oxygen atoms in total. The Labute approximate surface area is 93.9 Å². The molecule has 1 aromatic carbocycles. The molecule has 0 fully saturated rings. The summed E-state index contributed by atoms with van der Waals surface area (Å²) in [6, 6.07) is 6.73. The summed E-state index contributed by atoms with van der Waals surface area (Å²) in [5, 5.41) is -0.0368. The van der Waals surface area contributed by atoms with Gasteiger partial charge >= 0.3 is 5.97 Å². The summed E-state index contributed by atoms with van der Waals surface area (Å²) in [4.78, 5) is 11.1. The Hall–Kier alpha value is -1.22. The van der Waals surface area contributed by atoms with Crippen molar-refractivity contribution in [3.8, 4) is 5.75 Å². The van der Waals surface area contributed by atoms with Crippen molar-refractivity contribution in [2.75, 3.05) is 13.7 Å². The van der Waals surface area contributed by atoms with E-state index in [1.54, 1.807) is 24.3 Å². The summed E-state index contributed by atoms with van der Waals surface area (Å²) < 4.78 is 9.93. The van der Waals surface area contributed by atoms with Crippen LogP contribution in [0, 0.1) is 0 Å². The van der Waals surface area contributed by atoms with E-state index in [4.69, 9.17) is 16.3 Å². The van der Waals surface area contributed by atoms with Gasteiger partial charge in [0.2, 0.25) is 0 Å². The Bertz CT molecular complexity index is 319. The largest absolute Gasteiger partial charge is 0.492 e. The first-order chi connectivity index (χ1) is 7.13. The topological polar surface area (TPSA) is 35.5 Å². The Morgan fingerprint density at radius 2 is 2.00 bits per heavy atom. The van der Waals surface area contributed by atoms with Gasteiger partial charge in [0.25, 0.3) is 0 Å². The van der Waals surface area contributed by atoms with Crippen LogP contribution in [0.4, 0.5) is 0 Å². The minimum Gasteiger partial charge on any atom is -0.492 e. The normalized spacial score (nSPS) is 11.9. The number of esters is 1. The average molecular weight is 229 g/mol. The van der Waals surface area contributed by atoms with E-state index in [9.17, 15) is 4.79 Å². The molecule has 4 heteroatoms. The second-order valence-electron chi connectivity index (χ2n) is 3.11. The van der Waals surface area contributed by atoms with Crippen LogP contribution in [0.2, 0.25) is 0 Å². The van der Waals surface area contributed by atoms with Crippen molar-refractivity contribution in [2.45, 2.75) is 12.3 Å². The highest BCUT2D eigenvalue weighted by Crippen LogP contribution is 2.13. The first-order valence-corrected chi connectivity index (χ1v) is 5.02. The lowest BCUT2D eigenvalue weighted by atomic mass is 10.2. The molecule has 0 amide bonds. The third-order valence-electron chi connectivity index (χ3n) is 1.76. The van der Waals surface area contributed by atoms with Crippen molar-refractivity contribution in [3.63, 3.8) is 0 Å². The van der Waals surface area contributed by atoms with E-state index in [0.29, 0.717) is 17.9 Å². The van der Waals surface area contributed by atoms with E-state index in [2.05, 4.69) is 4.74 Å². The standard InChI is InChI=1S/C11H13ClO3/c1-8(12)7-15-10-5-3-9(4-6-10)11(13)14-2/h3-6,8H,7H2,1-2H3/t8-/m0/s1. The first kappa shape index (κ1) is 11.9. The maximum atomic E-state index is 11.1. The molecule has 82 valence electrons. The molecule has 0 aliphatic carbocycles. The third kappa shape index (κ3) is 3.80. The van der Waals surface area contributed by atoms with Crippen LogP contribution in [0.1, 0.15) is 17.3 Å². The van der Waals surface area contributed by atoms with Crippen LogP contribution in [0.25, 0.3) is 0 Å². The molecule has 1 atom stereocenters. The lowest BCUT2D eigenvalue weighted by molar-refractivity contribution is 0.0600. The fourth-order valence-corrected chi connectivity index (χ4v) is 1.08. The van der Waals surface area contributed by atoms with Gasteiger partial charge in [-0.3, -0.25) is 0 Å². The predicted octanol–water partition coefficient (Wildman–Crippen LogP) is 2.48. The minimum absolute atomic E-state index is 0.0368. The van der Waals surface area contributed by atoms with E-state index < -0.39 is 0 Å². The fraction of sp³-hybridized carbons (Fsp3) is 0.364. The number of rotatable bonds is 4. The number of halogens is 1. The van der Waals surface area contributed by atoms with Crippen LogP contribution in [0.15, 0.2) is 24.3 Å². The second-order valence-corrected chi connectivity index (χ2v) is 3.85. The zero-order valence-corrected chi connectivity index (χ0v) is 9.45. The van der Waals surface area contributed by atoms with E-state index in [0.717, 1.165) is 0 Å². The molecule has 0 bridgehead atoms. The molecule has 0 aliphatic rings. The summed E-state index contributed by atoms with van der Waals surface area (Å²) >= 11 is 5.73. The molecule has 15 heavy (non-hydrogen) atoms. The highest BCUT2D eigenvalue weighted by molar-refractivity contribution is 6.20. The van der Waals surface area contributed by atoms with Crippen molar-refractivity contribution >= 4 is 17.6 Å². The molecule has 0 aromatic heterocycles. The van der Waals surface area contributed by atoms with E-state index >= 15 is 0 Å². The Kier molecular flexibility index (Phi) is 4.43. The maximum absolute atomic E-state index is 11.1. The molecular weight excluding hydrogens is 216 g/mol. The third-order valence-corrected chi connectivity index (χ3v) is 1.88. The minimum atomic E-state index is -0.354. The Morgan fingerprint density at radius 1 is 1.40 bits per heavy atom. The lowest BCUT2D eigenvalue weighted by Crippen LogP contribution is -2.07. The van der Waals surface area contributed by atoms with E-state index in [1.807, 2.05) is 6.92 Å². The summed E-state index contributed by atoms with van der Waals surface area (Å²) in [5.41, 5.74) is 0.503. The van der Waals surface area contributed by atoms with Gasteiger partial charge in [-0.15, -0.1) is 11.6 Å². The predicted molar refractivity (Wildman–Crippen MR) is 58.6 cm³/mol. The van der Waals surface area contributed by atoms with Crippen molar-refractivity contribution in [2.24, 2.45) is 0 Å². The molecule has 0 N–H and O–H groups in total. The summed E-state index contributed by atoms with van der Waals surface area (Å²) in [5.74, 6) is 0.336. The fourth-order valence-electron chi connectivity index (χ4n) is 1.02. The lowest BCUT2D eigenvalue weighted by Gasteiger charge is -2.07. The molecule has 0 spiro atoms. The molecule has 0 unspecified atom stereocenters. The smallest absolute Gasteiger partial charge is 0.337 e. The van der Waals surface area contributed by atoms with Gasteiger partial charge in [0.1, 0.15) is 12.4 Å². The van der Waals surface area contributed by atoms with Crippen LogP contribution in [-0.4, -0.2) is 25.1 Å². The first-order valence-electron chi connectivity index (χ1n) is 4.58. The van der Waals surface area contributed by atoms with Crippen LogP contribution in [0.5, 0.6) is 5.75 Å². The van der Waals surface area contributed by atoms with Gasteiger partial charge in [-0.25, -0.2) is 4.79 Å². The van der Waals surface area contributed by atoms with Crippen LogP contribution >= 0.6 is 11.6 Å². The van der Waals surface area contributed by atoms with Crippen molar-refractivity contribution in [1.29, 1.82) is 0 Å². The molecule has 0 saturated carbocycles. The van der Waals surface area contributed by atoms with Gasteiger partial charge in [0.15, 0.2) is 0 Å². The molecule has 1 aromatic rings. The average Bonchev–Trinajstić information content (AvgIpc) is 2.26. The van der Waals surface area contributed by atoms with Crippen LogP contribution in [0.3, 0.4) is 0 Å². The zero-order chi connectivity index (χ0) is 11.3. The molecule has 0 heterocycles. The number of ether oxygens (including phenoxy) is 2. The number of hydrogen-bond acceptors (Lipinski definition) is 3. The van der Waals surface area contributed by atoms with Gasteiger partial charge in [-0.05, 0) is 31.2 Å². The van der Waals surface area contributed by atoms with Gasteiger partial charge in [0, 0.05) is 0 Å². The second kappa shape index (κ2) is 5.61. The summed E-state index contributed by atoms with van der Waals surface area (Å²) in [7, 11) is 1.35. The number of carbonyl (C=O) groups is 1. The SMILES string of the molecule is COC(=O)c1ccc(OC[C@H](C)Cl)cc1. The number of alkyl halides is 1. The van der Waals surface area contributed by atoms with E-state index in [1.165, 1.54) is 7.11 Å². The zero-order valence-electron chi connectivity index (χ0n) is 8.70. The summed E-state index contributed by atoms with van der Waals surface area (Å²) in [6.07, 6.45) is 0. The van der Waals surface area contributed by atoms with Crippen molar-refractivity contribution in [3.05, 3.63) is 29.8 Å². The van der Waals surface area contributed by atoms with Gasteiger partial charge in [0.05, 0.1) is 18.1 Å². The molecule has 0 radical (unpaired) electrons. The quantitative estimate of drug-likeness (QED) is 0.587. The number of hydrogen-bond donors (Lipinski definition) is 0. The molecule has 1 rings (SSSR count). The Morgan fingerprint density at radius 3 is 2.47 bits per heavy atom. The van der Waals surface area contributed by atoms with Crippen LogP contribution in [-0.2, 0) is 4.74 Å². The van der Waals surface area contributed by atoms with Crippen LogP contribution < -0.4 is 4.74 Å². The Balaban J connectivity index is 2.60. The highest BCUT2D eigenvalue weighted by Gasteiger charge is 2.04. The van der Waals surface area contributed by atoms with Crippen molar-refractivity contribution < 1.29 is 14.3 Å². The number of carbonyl (C=O) groups excluding carboxylic acids is 1. The molecule has 0 saturated heterocycles. The number of methoxy groups -OCH3 is 1. The van der Waals surface area contributed by atoms with Gasteiger partial charge in [-0.1, -0.05) is 0 Å². The summed E-state index contributed by atoms with van der Waals surface area (Å²) in [6.45, 7) is 2.30. The monoisotopic (exact) mass is 228 g/mol. The number of benzene rings is 1.